The van der Waals surface area contributed by atoms with Gasteiger partial charge in [0, 0.05) is 19.5 Å². The lowest BCUT2D eigenvalue weighted by Gasteiger charge is -2.01. The fourth-order valence-electron chi connectivity index (χ4n) is 2.53. The molecule has 0 spiro atoms. The van der Waals surface area contributed by atoms with E-state index in [1.54, 1.807) is 9.36 Å². The summed E-state index contributed by atoms with van der Waals surface area (Å²) >= 11 is 3.50. The molecule has 1 aromatic carbocycles. The van der Waals surface area contributed by atoms with Crippen molar-refractivity contribution < 1.29 is 4.79 Å². The molecule has 0 fully saturated rings. The number of aryl methyl sites for hydroxylation is 3. The van der Waals surface area contributed by atoms with Crippen LogP contribution < -0.4 is 0 Å². The Morgan fingerprint density at radius 2 is 1.90 bits per heavy atom. The molecule has 3 aromatic rings. The molecule has 2 aromatic heterocycles. The number of halogens is 1. The average molecular weight is 347 g/mol. The van der Waals surface area contributed by atoms with Crippen LogP contribution in [0.15, 0.2) is 28.7 Å². The van der Waals surface area contributed by atoms with E-state index in [9.17, 15) is 4.79 Å². The largest absolute Gasteiger partial charge is 0.292 e. The average Bonchev–Trinajstić information content (AvgIpc) is 2.92. The maximum atomic E-state index is 12.6. The van der Waals surface area contributed by atoms with E-state index in [0.717, 1.165) is 26.8 Å². The third-order valence-corrected chi connectivity index (χ3v) is 4.64. The van der Waals surface area contributed by atoms with E-state index in [1.807, 2.05) is 45.3 Å². The van der Waals surface area contributed by atoms with Crippen LogP contribution in [-0.4, -0.2) is 25.3 Å². The Morgan fingerprint density at radius 1 is 1.19 bits per heavy atom. The predicted molar refractivity (Wildman–Crippen MR) is 84.4 cm³/mol. The summed E-state index contributed by atoms with van der Waals surface area (Å²) < 4.78 is 4.37. The molecule has 0 saturated heterocycles. The molecule has 0 amide bonds. The van der Waals surface area contributed by atoms with Crippen LogP contribution in [0.1, 0.15) is 21.9 Å². The van der Waals surface area contributed by atoms with Gasteiger partial charge in [0.1, 0.15) is 5.69 Å². The van der Waals surface area contributed by atoms with Crippen LogP contribution in [0.25, 0.3) is 10.9 Å². The normalized spacial score (nSPS) is 11.2. The van der Waals surface area contributed by atoms with E-state index < -0.39 is 0 Å². The summed E-state index contributed by atoms with van der Waals surface area (Å²) in [4.78, 5) is 12.6. The highest BCUT2D eigenvalue weighted by Gasteiger charge is 2.20. The Bertz CT molecular complexity index is 847. The van der Waals surface area contributed by atoms with Crippen LogP contribution in [0.3, 0.4) is 0 Å². The van der Waals surface area contributed by atoms with Crippen LogP contribution in [0.4, 0.5) is 0 Å². The van der Waals surface area contributed by atoms with Gasteiger partial charge in [-0.15, -0.1) is 0 Å². The minimum Gasteiger partial charge on any atom is -0.292 e. The first kappa shape index (κ1) is 14.0. The SMILES string of the molecule is Cc1nn(C)c(CC(=O)c2nn(C)c3ccccc23)c1Br. The van der Waals surface area contributed by atoms with Crippen LogP contribution in [0.2, 0.25) is 0 Å². The quantitative estimate of drug-likeness (QED) is 0.685. The number of rotatable bonds is 3. The molecule has 0 radical (unpaired) electrons. The fraction of sp³-hybridized carbons (Fsp3) is 0.267. The summed E-state index contributed by atoms with van der Waals surface area (Å²) in [6, 6.07) is 7.76. The first-order valence-corrected chi connectivity index (χ1v) is 7.41. The number of fused-ring (bicyclic) bond motifs is 1. The van der Waals surface area contributed by atoms with Crippen molar-refractivity contribution in [2.75, 3.05) is 0 Å². The molecule has 0 aliphatic heterocycles. The Balaban J connectivity index is 2.02. The molecule has 0 aliphatic rings. The zero-order valence-electron chi connectivity index (χ0n) is 12.1. The van der Waals surface area contributed by atoms with E-state index in [1.165, 1.54) is 0 Å². The third-order valence-electron chi connectivity index (χ3n) is 3.61. The Kier molecular flexibility index (Phi) is 3.41. The first-order valence-electron chi connectivity index (χ1n) is 6.62. The fourth-order valence-corrected chi connectivity index (χ4v) is 3.00. The van der Waals surface area contributed by atoms with Gasteiger partial charge in [0.2, 0.25) is 0 Å². The van der Waals surface area contributed by atoms with Gasteiger partial charge in [0.05, 0.1) is 27.8 Å². The highest BCUT2D eigenvalue weighted by Crippen LogP contribution is 2.24. The van der Waals surface area contributed by atoms with Gasteiger partial charge in [-0.25, -0.2) is 0 Å². The molecule has 0 aliphatic carbocycles. The van der Waals surface area contributed by atoms with Gasteiger partial charge in [-0.2, -0.15) is 10.2 Å². The Morgan fingerprint density at radius 3 is 2.57 bits per heavy atom. The zero-order valence-corrected chi connectivity index (χ0v) is 13.7. The summed E-state index contributed by atoms with van der Waals surface area (Å²) in [5.74, 6) is -0.00417. The van der Waals surface area contributed by atoms with Crippen molar-refractivity contribution in [1.29, 1.82) is 0 Å². The third kappa shape index (κ3) is 2.29. The summed E-state index contributed by atoms with van der Waals surface area (Å²) in [7, 11) is 3.69. The molecule has 0 unspecified atom stereocenters. The van der Waals surface area contributed by atoms with E-state index in [2.05, 4.69) is 26.1 Å². The van der Waals surface area contributed by atoms with E-state index >= 15 is 0 Å². The van der Waals surface area contributed by atoms with Crippen LogP contribution in [-0.2, 0) is 20.5 Å². The van der Waals surface area contributed by atoms with Gasteiger partial charge in [-0.3, -0.25) is 14.2 Å². The van der Waals surface area contributed by atoms with E-state index in [-0.39, 0.29) is 12.2 Å². The summed E-state index contributed by atoms with van der Waals surface area (Å²) in [6.45, 7) is 1.91. The molecule has 2 heterocycles. The molecular formula is C15H15BrN4O. The lowest BCUT2D eigenvalue weighted by atomic mass is 10.1. The monoisotopic (exact) mass is 346 g/mol. The van der Waals surface area contributed by atoms with E-state index in [4.69, 9.17) is 0 Å². The number of benzene rings is 1. The molecule has 6 heteroatoms. The number of carbonyl (C=O) groups is 1. The number of hydrogen-bond donors (Lipinski definition) is 0. The molecule has 3 rings (SSSR count). The lowest BCUT2D eigenvalue weighted by molar-refractivity contribution is 0.0986. The summed E-state index contributed by atoms with van der Waals surface area (Å²) in [5, 5.41) is 9.58. The molecule has 0 bridgehead atoms. The molecule has 0 N–H and O–H groups in total. The van der Waals surface area contributed by atoms with Crippen molar-refractivity contribution in [3.05, 3.63) is 45.8 Å². The number of para-hydroxylation sites is 1. The second-order valence-electron chi connectivity index (χ2n) is 5.06. The van der Waals surface area contributed by atoms with Crippen LogP contribution in [0, 0.1) is 6.92 Å². The lowest BCUT2D eigenvalue weighted by Crippen LogP contribution is -2.09. The highest BCUT2D eigenvalue weighted by molar-refractivity contribution is 9.10. The number of hydrogen-bond acceptors (Lipinski definition) is 3. The smallest absolute Gasteiger partial charge is 0.189 e. The molecular weight excluding hydrogens is 332 g/mol. The highest BCUT2D eigenvalue weighted by atomic mass is 79.9. The van der Waals surface area contributed by atoms with Crippen molar-refractivity contribution in [1.82, 2.24) is 19.6 Å². The second kappa shape index (κ2) is 5.11. The molecule has 0 saturated carbocycles. The maximum Gasteiger partial charge on any atom is 0.189 e. The maximum absolute atomic E-state index is 12.6. The molecule has 108 valence electrons. The van der Waals surface area contributed by atoms with Gasteiger partial charge in [0.15, 0.2) is 5.78 Å². The number of Topliss-reactive ketones (excluding diaryl/α,β-unsaturated/α-hetero) is 1. The van der Waals surface area contributed by atoms with E-state index in [0.29, 0.717) is 5.69 Å². The van der Waals surface area contributed by atoms with Crippen molar-refractivity contribution in [2.45, 2.75) is 13.3 Å². The van der Waals surface area contributed by atoms with Gasteiger partial charge in [-0.05, 0) is 28.9 Å². The Hall–Kier alpha value is -1.95. The van der Waals surface area contributed by atoms with Crippen molar-refractivity contribution in [3.63, 3.8) is 0 Å². The first-order chi connectivity index (χ1) is 9.99. The minimum atomic E-state index is -0.00417. The summed E-state index contributed by atoms with van der Waals surface area (Å²) in [5.41, 5.74) is 3.22. The molecule has 0 atom stereocenters. The molecule has 21 heavy (non-hydrogen) atoms. The van der Waals surface area contributed by atoms with Gasteiger partial charge in [-0.1, -0.05) is 18.2 Å². The van der Waals surface area contributed by atoms with Crippen molar-refractivity contribution in [3.8, 4) is 0 Å². The Labute approximate surface area is 130 Å². The van der Waals surface area contributed by atoms with Crippen molar-refractivity contribution >= 4 is 32.6 Å². The van der Waals surface area contributed by atoms with Gasteiger partial charge >= 0.3 is 0 Å². The van der Waals surface area contributed by atoms with Crippen LogP contribution in [0.5, 0.6) is 0 Å². The molecule has 5 nitrogen and oxygen atoms in total. The topological polar surface area (TPSA) is 52.7 Å². The number of nitrogens with zero attached hydrogens (tertiary/aromatic N) is 4. The second-order valence-corrected chi connectivity index (χ2v) is 5.85. The summed E-state index contributed by atoms with van der Waals surface area (Å²) in [6.07, 6.45) is 0.277. The van der Waals surface area contributed by atoms with Gasteiger partial charge < -0.3 is 0 Å². The minimum absolute atomic E-state index is 0.00417. The number of aromatic nitrogens is 4. The van der Waals surface area contributed by atoms with Gasteiger partial charge in [0.25, 0.3) is 0 Å². The zero-order chi connectivity index (χ0) is 15.1. The number of ketones is 1. The van der Waals surface area contributed by atoms with Crippen molar-refractivity contribution in [2.24, 2.45) is 14.1 Å². The predicted octanol–water partition coefficient (Wildman–Crippen LogP) is 2.80. The number of carbonyl (C=O) groups excluding carboxylic acids is 1. The standard InChI is InChI=1S/C15H15BrN4O/c1-9-14(16)12(20(3)17-9)8-13(21)15-10-6-4-5-7-11(10)19(2)18-15/h4-7H,8H2,1-3H3. The van der Waals surface area contributed by atoms with Crippen LogP contribution >= 0.6 is 15.9 Å².